The summed E-state index contributed by atoms with van der Waals surface area (Å²) in [6.45, 7) is 6.67. The summed E-state index contributed by atoms with van der Waals surface area (Å²) in [5, 5.41) is 7.57. The standard InChI is InChI=1S/C3H9Si.C2H6O.ClH.Mg/c1-4(2)3;1-2-3;;/h4H,1H2,2-3H3;3H,2H2,1H3;1H;/q;;;+2. The van der Waals surface area contributed by atoms with Crippen molar-refractivity contribution in [1.29, 1.82) is 0 Å². The van der Waals surface area contributed by atoms with Crippen LogP contribution in [0.1, 0.15) is 6.92 Å². The van der Waals surface area contributed by atoms with Crippen LogP contribution in [-0.2, 0) is 0 Å². The van der Waals surface area contributed by atoms with Gasteiger partial charge in [-0.3, -0.25) is 0 Å². The molecular weight excluding hydrogens is 164 g/mol. The summed E-state index contributed by atoms with van der Waals surface area (Å²) < 4.78 is 1.47. The lowest BCUT2D eigenvalue weighted by Gasteiger charge is -1.71. The molecule has 0 aliphatic rings. The van der Waals surface area contributed by atoms with Crippen molar-refractivity contribution in [2.45, 2.75) is 24.2 Å². The van der Waals surface area contributed by atoms with Crippen molar-refractivity contribution in [2.24, 2.45) is 0 Å². The fourth-order valence-electron chi connectivity index (χ4n) is 0. The third kappa shape index (κ3) is 46.2. The van der Waals surface area contributed by atoms with Gasteiger partial charge in [-0.15, -0.1) is 12.4 Å². The second-order valence-electron chi connectivity index (χ2n) is 2.00. The maximum absolute atomic E-state index is 7.57. The smallest absolute Gasteiger partial charge is 0.397 e. The van der Waals surface area contributed by atoms with Crippen molar-refractivity contribution < 1.29 is 5.11 Å². The van der Waals surface area contributed by atoms with E-state index in [1.807, 2.05) is 0 Å². The summed E-state index contributed by atoms with van der Waals surface area (Å²) in [6, 6.07) is 0. The summed E-state index contributed by atoms with van der Waals surface area (Å²) in [7, 11) is -0.137. The lowest BCUT2D eigenvalue weighted by atomic mass is 10.9. The van der Waals surface area contributed by atoms with E-state index in [0.717, 1.165) is 0 Å². The van der Waals surface area contributed by atoms with Gasteiger partial charge in [-0.25, -0.2) is 0 Å². The van der Waals surface area contributed by atoms with Crippen LogP contribution < -0.4 is 0 Å². The number of halogens is 1. The predicted octanol–water partition coefficient (Wildman–Crippen LogP) is 1.02. The Labute approximate surface area is 78.7 Å². The molecule has 1 N–H and O–H groups in total. The molecule has 7 radical (unpaired) electrons. The van der Waals surface area contributed by atoms with Crippen molar-refractivity contribution in [3.8, 4) is 0 Å². The minimum atomic E-state index is -0.137. The van der Waals surface area contributed by atoms with Gasteiger partial charge >= 0.3 is 21.7 Å². The Hall–Kier alpha value is 1.23. The maximum Gasteiger partial charge on any atom is 1.41 e. The zero-order chi connectivity index (χ0) is 6.99. The van der Waals surface area contributed by atoms with E-state index >= 15 is 0 Å². The normalized spacial score (nSPS) is 7.33. The molecule has 9 heavy (non-hydrogen) atoms. The van der Waals surface area contributed by atoms with E-state index < -0.39 is 0 Å². The van der Waals surface area contributed by atoms with Gasteiger partial charge in [0.15, 0.2) is 0 Å². The number of hydrogen-bond donors (Lipinski definition) is 1. The average Bonchev–Trinajstić information content (AvgIpc) is 1.69. The molecular formula is C5H16ClMgOSi+2. The fraction of sp³-hybridized carbons (Fsp3) is 1.00. The second kappa shape index (κ2) is 16.1. The summed E-state index contributed by atoms with van der Waals surface area (Å²) in [6.07, 6.45) is 0. The third-order valence-corrected chi connectivity index (χ3v) is 5.20. The Kier molecular flexibility index (Phi) is 29.8. The van der Waals surface area contributed by atoms with Crippen LogP contribution in [0.15, 0.2) is 0 Å². The SMILES string of the molecule is CCO.C[SiH](C)[CH2][Mg+2].Cl. The van der Waals surface area contributed by atoms with Crippen LogP contribution >= 0.6 is 12.4 Å². The Balaban J connectivity index is -0.0000000800. The summed E-state index contributed by atoms with van der Waals surface area (Å²) >= 11 is 2.10. The molecule has 0 fully saturated rings. The zero-order valence-electron chi connectivity index (χ0n) is 6.55. The van der Waals surface area contributed by atoms with Gasteiger partial charge in [0.1, 0.15) is 8.80 Å². The molecule has 0 aromatic rings. The quantitative estimate of drug-likeness (QED) is 0.597. The van der Waals surface area contributed by atoms with Gasteiger partial charge in [0.2, 0.25) is 4.17 Å². The Bertz CT molecular complexity index is 38.1. The molecule has 53 valence electrons. The molecule has 0 bridgehead atoms. The van der Waals surface area contributed by atoms with Gasteiger partial charge in [-0.05, 0) is 6.92 Å². The number of rotatable bonds is 1. The van der Waals surface area contributed by atoms with E-state index in [0.29, 0.717) is 0 Å². The van der Waals surface area contributed by atoms with E-state index in [2.05, 4.69) is 34.8 Å². The zero-order valence-corrected chi connectivity index (χ0v) is 9.94. The lowest BCUT2D eigenvalue weighted by molar-refractivity contribution is 0.318. The number of hydrogen-bond acceptors (Lipinski definition) is 1. The molecule has 4 heteroatoms. The van der Waals surface area contributed by atoms with Crippen LogP contribution in [0.2, 0.25) is 17.3 Å². The van der Waals surface area contributed by atoms with Crippen molar-refractivity contribution in [1.82, 2.24) is 0 Å². The second-order valence-corrected chi connectivity index (χ2v) is 7.10. The topological polar surface area (TPSA) is 20.2 Å². The molecule has 0 aliphatic carbocycles. The molecule has 0 aromatic carbocycles. The summed E-state index contributed by atoms with van der Waals surface area (Å²) in [5.74, 6) is 0. The largest absolute Gasteiger partial charge is 1.41 e. The van der Waals surface area contributed by atoms with E-state index in [1.165, 1.54) is 4.17 Å². The summed E-state index contributed by atoms with van der Waals surface area (Å²) in [4.78, 5) is 0. The first-order chi connectivity index (χ1) is 3.68. The van der Waals surface area contributed by atoms with E-state index in [-0.39, 0.29) is 27.8 Å². The molecule has 0 aromatic heterocycles. The van der Waals surface area contributed by atoms with Crippen molar-refractivity contribution >= 4 is 42.9 Å². The highest BCUT2D eigenvalue weighted by Gasteiger charge is 2.24. The van der Waals surface area contributed by atoms with Crippen molar-refractivity contribution in [3.63, 3.8) is 0 Å². The average molecular weight is 180 g/mol. The lowest BCUT2D eigenvalue weighted by Crippen LogP contribution is -1.95. The van der Waals surface area contributed by atoms with E-state index in [4.69, 9.17) is 5.11 Å². The predicted molar refractivity (Wildman–Crippen MR) is 49.4 cm³/mol. The van der Waals surface area contributed by atoms with Gasteiger partial charge in [-0.2, -0.15) is 0 Å². The highest BCUT2D eigenvalue weighted by molar-refractivity contribution is 6.62. The van der Waals surface area contributed by atoms with Crippen molar-refractivity contribution in [2.75, 3.05) is 6.61 Å². The Morgan fingerprint density at radius 2 is 1.56 bits per heavy atom. The van der Waals surface area contributed by atoms with Crippen LogP contribution in [0.3, 0.4) is 0 Å². The van der Waals surface area contributed by atoms with Crippen molar-refractivity contribution in [3.05, 3.63) is 0 Å². The van der Waals surface area contributed by atoms with E-state index in [1.54, 1.807) is 6.92 Å². The number of aliphatic hydroxyl groups excluding tert-OH is 1. The molecule has 0 aliphatic heterocycles. The molecule has 0 atom stereocenters. The molecule has 0 amide bonds. The fourth-order valence-corrected chi connectivity index (χ4v) is 0. The van der Waals surface area contributed by atoms with Crippen LogP contribution in [0.5, 0.6) is 0 Å². The highest BCUT2D eigenvalue weighted by atomic mass is 35.5. The van der Waals surface area contributed by atoms with Crippen LogP contribution in [-0.4, -0.2) is 42.2 Å². The van der Waals surface area contributed by atoms with Gasteiger partial charge < -0.3 is 5.11 Å². The first kappa shape index (κ1) is 16.7. The molecule has 0 saturated carbocycles. The molecule has 0 rings (SSSR count). The van der Waals surface area contributed by atoms with Gasteiger partial charge in [0.05, 0.1) is 0 Å². The number of aliphatic hydroxyl groups is 1. The highest BCUT2D eigenvalue weighted by Crippen LogP contribution is 1.79. The first-order valence-electron chi connectivity index (χ1n) is 3.09. The molecule has 0 heterocycles. The monoisotopic (exact) mass is 179 g/mol. The Morgan fingerprint density at radius 1 is 1.44 bits per heavy atom. The minimum Gasteiger partial charge on any atom is -0.397 e. The van der Waals surface area contributed by atoms with Gasteiger partial charge in [0, 0.05) is 6.61 Å². The molecule has 0 saturated heterocycles. The molecule has 1 nitrogen and oxygen atoms in total. The van der Waals surface area contributed by atoms with Crippen LogP contribution in [0, 0.1) is 0 Å². The van der Waals surface area contributed by atoms with Gasteiger partial charge in [0.25, 0.3) is 0 Å². The summed E-state index contributed by atoms with van der Waals surface area (Å²) in [5.41, 5.74) is 0. The minimum absolute atomic E-state index is 0. The van der Waals surface area contributed by atoms with Gasteiger partial charge in [-0.1, -0.05) is 13.1 Å². The first-order valence-corrected chi connectivity index (χ1v) is 7.21. The molecule has 0 unspecified atom stereocenters. The van der Waals surface area contributed by atoms with Crippen LogP contribution in [0.4, 0.5) is 0 Å². The maximum atomic E-state index is 7.57. The van der Waals surface area contributed by atoms with E-state index in [9.17, 15) is 0 Å². The Morgan fingerprint density at radius 3 is 1.56 bits per heavy atom. The molecule has 0 spiro atoms. The third-order valence-electron chi connectivity index (χ3n) is 0.577. The van der Waals surface area contributed by atoms with Crippen LogP contribution in [0.25, 0.3) is 0 Å².